The van der Waals surface area contributed by atoms with E-state index in [0.29, 0.717) is 33.4 Å². The summed E-state index contributed by atoms with van der Waals surface area (Å²) in [5.41, 5.74) is 2.53. The summed E-state index contributed by atoms with van der Waals surface area (Å²) in [6, 6.07) is 15.4. The molecular weight excluding hydrogens is 390 g/mol. The first-order valence-electron chi connectivity index (χ1n) is 9.37. The summed E-state index contributed by atoms with van der Waals surface area (Å²) in [6.45, 7) is 4.35. The van der Waals surface area contributed by atoms with Gasteiger partial charge in [-0.2, -0.15) is 5.26 Å². The lowest BCUT2D eigenvalue weighted by Crippen LogP contribution is -2.22. The van der Waals surface area contributed by atoms with Crippen LogP contribution in [-0.2, 0) is 0 Å². The Morgan fingerprint density at radius 2 is 2.00 bits per heavy atom. The van der Waals surface area contributed by atoms with Crippen LogP contribution in [0.1, 0.15) is 44.6 Å². The number of hydrogen-bond donors (Lipinski definition) is 0. The lowest BCUT2D eigenvalue weighted by atomic mass is 9.98. The highest BCUT2D eigenvalue weighted by atomic mass is 35.5. The maximum Gasteiger partial charge on any atom is 0.266 e. The van der Waals surface area contributed by atoms with Crippen LogP contribution in [0.3, 0.4) is 0 Å². The van der Waals surface area contributed by atoms with Gasteiger partial charge in [-0.3, -0.25) is 9.36 Å². The Morgan fingerprint density at radius 1 is 1.25 bits per heavy atom. The molecule has 0 bridgehead atoms. The monoisotopic (exact) mass is 411 g/mol. The molecule has 0 aliphatic carbocycles. The summed E-state index contributed by atoms with van der Waals surface area (Å²) in [5, 5.41) is 10.4. The Bertz CT molecular complexity index is 1070. The first-order chi connectivity index (χ1) is 13.5. The van der Waals surface area contributed by atoms with Gasteiger partial charge in [0, 0.05) is 17.2 Å². The number of benzene rings is 2. The molecule has 6 heteroatoms. The van der Waals surface area contributed by atoms with Crippen LogP contribution in [0.5, 0.6) is 0 Å². The van der Waals surface area contributed by atoms with Crippen molar-refractivity contribution in [2.24, 2.45) is 0 Å². The quantitative estimate of drug-likeness (QED) is 0.274. The van der Waals surface area contributed by atoms with Crippen molar-refractivity contribution in [3.05, 3.63) is 63.4 Å². The van der Waals surface area contributed by atoms with Gasteiger partial charge in [-0.1, -0.05) is 49.3 Å². The van der Waals surface area contributed by atoms with Gasteiger partial charge in [0.05, 0.1) is 22.7 Å². The Kier molecular flexibility index (Phi) is 6.77. The molecule has 3 rings (SSSR count). The summed E-state index contributed by atoms with van der Waals surface area (Å²) in [5.74, 6) is 1.20. The number of hydrogen-bond acceptors (Lipinski definition) is 4. The molecule has 0 radical (unpaired) electrons. The average molecular weight is 412 g/mol. The van der Waals surface area contributed by atoms with Gasteiger partial charge in [0.2, 0.25) is 0 Å². The van der Waals surface area contributed by atoms with Crippen molar-refractivity contribution in [3.8, 4) is 11.8 Å². The van der Waals surface area contributed by atoms with Gasteiger partial charge < -0.3 is 0 Å². The molecule has 0 aliphatic rings. The maximum atomic E-state index is 13.3. The molecule has 28 heavy (non-hydrogen) atoms. The molecule has 0 unspecified atom stereocenters. The molecule has 0 saturated carbocycles. The molecule has 0 fully saturated rings. The zero-order chi connectivity index (χ0) is 20.1. The number of rotatable bonds is 7. The minimum absolute atomic E-state index is 0.133. The van der Waals surface area contributed by atoms with Gasteiger partial charge >= 0.3 is 0 Å². The van der Waals surface area contributed by atoms with Crippen molar-refractivity contribution in [2.75, 3.05) is 5.75 Å². The number of nitrogens with zero attached hydrogens (tertiary/aromatic N) is 3. The van der Waals surface area contributed by atoms with E-state index in [-0.39, 0.29) is 5.56 Å². The molecule has 0 amide bonds. The van der Waals surface area contributed by atoms with Gasteiger partial charge in [-0.05, 0) is 54.7 Å². The molecule has 0 saturated heterocycles. The predicted octanol–water partition coefficient (Wildman–Crippen LogP) is 5.95. The van der Waals surface area contributed by atoms with Crippen LogP contribution >= 0.6 is 23.4 Å². The standard InChI is InChI=1S/C22H22ClN3OS/c1-3-15(2)16-6-9-18(10-7-16)26-21(27)19-14-17(23)8-11-20(19)25-22(26)28-13-5-4-12-24/h6-11,14-15H,3-5,13H2,1-2H3/t15-/m0/s1. The van der Waals surface area contributed by atoms with Crippen LogP contribution in [-0.4, -0.2) is 15.3 Å². The zero-order valence-corrected chi connectivity index (χ0v) is 17.6. The van der Waals surface area contributed by atoms with E-state index >= 15 is 0 Å². The molecule has 4 nitrogen and oxygen atoms in total. The van der Waals surface area contributed by atoms with Crippen molar-refractivity contribution in [1.29, 1.82) is 5.26 Å². The van der Waals surface area contributed by atoms with E-state index in [1.54, 1.807) is 22.8 Å². The Hall–Kier alpha value is -2.29. The third-order valence-electron chi connectivity index (χ3n) is 4.80. The highest BCUT2D eigenvalue weighted by Crippen LogP contribution is 2.25. The highest BCUT2D eigenvalue weighted by molar-refractivity contribution is 7.99. The van der Waals surface area contributed by atoms with E-state index in [0.717, 1.165) is 24.3 Å². The van der Waals surface area contributed by atoms with Crippen molar-refractivity contribution < 1.29 is 0 Å². The lowest BCUT2D eigenvalue weighted by Gasteiger charge is -2.15. The molecule has 1 aromatic heterocycles. The fourth-order valence-electron chi connectivity index (χ4n) is 2.96. The second-order valence-corrected chi connectivity index (χ2v) is 8.21. The van der Waals surface area contributed by atoms with E-state index < -0.39 is 0 Å². The number of halogens is 1. The number of fused-ring (bicyclic) bond motifs is 1. The summed E-state index contributed by atoms with van der Waals surface area (Å²) in [4.78, 5) is 18.0. The molecule has 3 aromatic rings. The molecule has 144 valence electrons. The van der Waals surface area contributed by atoms with Gasteiger partial charge in [-0.15, -0.1) is 0 Å². The van der Waals surface area contributed by atoms with Crippen molar-refractivity contribution in [1.82, 2.24) is 9.55 Å². The third kappa shape index (κ3) is 4.40. The summed E-state index contributed by atoms with van der Waals surface area (Å²) in [7, 11) is 0. The van der Waals surface area contributed by atoms with E-state index in [1.165, 1.54) is 17.3 Å². The first kappa shape index (κ1) is 20.4. The lowest BCUT2D eigenvalue weighted by molar-refractivity contribution is 0.732. The fraction of sp³-hybridized carbons (Fsp3) is 0.318. The average Bonchev–Trinajstić information content (AvgIpc) is 2.71. The van der Waals surface area contributed by atoms with Crippen LogP contribution in [0.25, 0.3) is 16.6 Å². The molecular formula is C22H22ClN3OS. The minimum Gasteiger partial charge on any atom is -0.268 e. The van der Waals surface area contributed by atoms with Gasteiger partial charge in [-0.25, -0.2) is 4.98 Å². The topological polar surface area (TPSA) is 58.7 Å². The number of thioether (sulfide) groups is 1. The normalized spacial score (nSPS) is 12.1. The number of nitriles is 1. The summed E-state index contributed by atoms with van der Waals surface area (Å²) in [6.07, 6.45) is 2.31. The van der Waals surface area contributed by atoms with Crippen molar-refractivity contribution in [2.45, 2.75) is 44.2 Å². The van der Waals surface area contributed by atoms with Crippen LogP contribution in [0, 0.1) is 11.3 Å². The first-order valence-corrected chi connectivity index (χ1v) is 10.7. The van der Waals surface area contributed by atoms with Crippen molar-refractivity contribution >= 4 is 34.3 Å². The van der Waals surface area contributed by atoms with Crippen LogP contribution in [0.15, 0.2) is 52.4 Å². The summed E-state index contributed by atoms with van der Waals surface area (Å²) < 4.78 is 1.65. The molecule has 0 aliphatic heterocycles. The molecule has 1 heterocycles. The van der Waals surface area contributed by atoms with Crippen molar-refractivity contribution in [3.63, 3.8) is 0 Å². The SMILES string of the molecule is CC[C@H](C)c1ccc(-n2c(SCCCC#N)nc3ccc(Cl)cc3c2=O)cc1. The van der Waals surface area contributed by atoms with E-state index in [4.69, 9.17) is 21.8 Å². The van der Waals surface area contributed by atoms with Gasteiger partial charge in [0.15, 0.2) is 5.16 Å². The van der Waals surface area contributed by atoms with Gasteiger partial charge in [0.1, 0.15) is 0 Å². The minimum atomic E-state index is -0.133. The second-order valence-electron chi connectivity index (χ2n) is 6.71. The van der Waals surface area contributed by atoms with Crippen LogP contribution < -0.4 is 5.56 Å². The largest absolute Gasteiger partial charge is 0.268 e. The van der Waals surface area contributed by atoms with Gasteiger partial charge in [0.25, 0.3) is 5.56 Å². The van der Waals surface area contributed by atoms with Crippen LogP contribution in [0.2, 0.25) is 5.02 Å². The fourth-order valence-corrected chi connectivity index (χ4v) is 4.09. The van der Waals surface area contributed by atoms with Crippen LogP contribution in [0.4, 0.5) is 0 Å². The van der Waals surface area contributed by atoms with E-state index in [2.05, 4.69) is 32.0 Å². The Morgan fingerprint density at radius 3 is 2.68 bits per heavy atom. The Labute approximate surface area is 174 Å². The van der Waals surface area contributed by atoms with E-state index in [1.807, 2.05) is 12.1 Å². The Balaban J connectivity index is 2.10. The predicted molar refractivity (Wildman–Crippen MR) is 117 cm³/mol. The molecule has 1 atom stereocenters. The van der Waals surface area contributed by atoms with E-state index in [9.17, 15) is 4.79 Å². The molecule has 0 spiro atoms. The molecule has 2 aromatic carbocycles. The maximum absolute atomic E-state index is 13.3. The zero-order valence-electron chi connectivity index (χ0n) is 16.0. The number of aromatic nitrogens is 2. The number of unbranched alkanes of at least 4 members (excludes halogenated alkanes) is 1. The second kappa shape index (κ2) is 9.27. The molecule has 0 N–H and O–H groups in total. The smallest absolute Gasteiger partial charge is 0.266 e. The third-order valence-corrected chi connectivity index (χ3v) is 6.06. The summed E-state index contributed by atoms with van der Waals surface area (Å²) >= 11 is 7.60. The highest BCUT2D eigenvalue weighted by Gasteiger charge is 2.14.